The second kappa shape index (κ2) is 6.17. The smallest absolute Gasteiger partial charge is 0.186 e. The summed E-state index contributed by atoms with van der Waals surface area (Å²) in [6, 6.07) is 9.00. The Labute approximate surface area is 126 Å². The average molecular weight is 298 g/mol. The summed E-state index contributed by atoms with van der Waals surface area (Å²) in [5.74, 6) is -1.55. The molecule has 2 aromatic heterocycles. The molecule has 0 radical (unpaired) electrons. The molecule has 2 heterocycles. The zero-order valence-electron chi connectivity index (χ0n) is 12.1. The van der Waals surface area contributed by atoms with Crippen LogP contribution < -0.4 is 0 Å². The lowest BCUT2D eigenvalue weighted by Crippen LogP contribution is -2.03. The minimum Gasteiger partial charge on any atom is -0.503 e. The van der Waals surface area contributed by atoms with Crippen molar-refractivity contribution in [2.45, 2.75) is 13.8 Å². The molecule has 0 aliphatic heterocycles. The fourth-order valence-electron chi connectivity index (χ4n) is 1.77. The van der Waals surface area contributed by atoms with Gasteiger partial charge in [0, 0.05) is 13.8 Å². The minimum absolute atomic E-state index is 0.0419. The van der Waals surface area contributed by atoms with Gasteiger partial charge in [-0.05, 0) is 24.3 Å². The van der Waals surface area contributed by atoms with E-state index in [-0.39, 0.29) is 34.3 Å². The third kappa shape index (κ3) is 3.17. The molecule has 0 aliphatic carbocycles. The fourth-order valence-corrected chi connectivity index (χ4v) is 1.77. The Morgan fingerprint density at radius 3 is 1.36 bits per heavy atom. The van der Waals surface area contributed by atoms with Gasteiger partial charge in [0.2, 0.25) is 0 Å². The average Bonchev–Trinajstić information content (AvgIpc) is 2.53. The third-order valence-corrected chi connectivity index (χ3v) is 2.93. The normalized spacial score (nSPS) is 11.7. The van der Waals surface area contributed by atoms with Crippen LogP contribution in [0.1, 0.15) is 46.2 Å². The number of rotatable bonds is 4. The van der Waals surface area contributed by atoms with Crippen LogP contribution in [0, 0.1) is 0 Å². The first kappa shape index (κ1) is 15.4. The molecule has 6 heteroatoms. The summed E-state index contributed by atoms with van der Waals surface area (Å²) >= 11 is 0. The molecule has 0 fully saturated rings. The maximum atomic E-state index is 11.3. The second-order valence-corrected chi connectivity index (χ2v) is 4.63. The summed E-state index contributed by atoms with van der Waals surface area (Å²) in [5, 5.41) is 20.2. The molecular weight excluding hydrogens is 284 g/mol. The maximum absolute atomic E-state index is 11.3. The van der Waals surface area contributed by atoms with Gasteiger partial charge >= 0.3 is 0 Å². The van der Waals surface area contributed by atoms with Gasteiger partial charge in [0.25, 0.3) is 0 Å². The van der Waals surface area contributed by atoms with E-state index >= 15 is 0 Å². The molecule has 0 spiro atoms. The van der Waals surface area contributed by atoms with Gasteiger partial charge in [-0.1, -0.05) is 12.1 Å². The van der Waals surface area contributed by atoms with Gasteiger partial charge < -0.3 is 10.2 Å². The number of Topliss-reactive ketones (excluding diaryl/α,β-unsaturated/α-hetero) is 2. The van der Waals surface area contributed by atoms with Crippen LogP contribution >= 0.6 is 0 Å². The van der Waals surface area contributed by atoms with Gasteiger partial charge in [-0.25, -0.2) is 9.97 Å². The van der Waals surface area contributed by atoms with E-state index in [2.05, 4.69) is 9.97 Å². The summed E-state index contributed by atoms with van der Waals surface area (Å²) in [6.07, 6.45) is 0. The van der Waals surface area contributed by atoms with E-state index in [1.54, 1.807) is 12.1 Å². The van der Waals surface area contributed by atoms with Crippen molar-refractivity contribution in [2.24, 2.45) is 0 Å². The molecule has 112 valence electrons. The van der Waals surface area contributed by atoms with Crippen molar-refractivity contribution in [2.75, 3.05) is 0 Å². The van der Waals surface area contributed by atoms with E-state index in [0.717, 1.165) is 0 Å². The lowest BCUT2D eigenvalue weighted by molar-refractivity contribution is 0.1000. The SMILES string of the molecule is CC(=O)c1cccc(/C(O)=C(\O)c2cccc(C(C)=O)n2)n1. The zero-order chi connectivity index (χ0) is 16.3. The van der Waals surface area contributed by atoms with Crippen molar-refractivity contribution >= 4 is 23.1 Å². The number of pyridine rings is 2. The highest BCUT2D eigenvalue weighted by Crippen LogP contribution is 2.20. The van der Waals surface area contributed by atoms with E-state index in [1.807, 2.05) is 0 Å². The molecule has 22 heavy (non-hydrogen) atoms. The monoisotopic (exact) mass is 298 g/mol. The van der Waals surface area contributed by atoms with Crippen LogP contribution in [-0.2, 0) is 0 Å². The van der Waals surface area contributed by atoms with Crippen LogP contribution in [0.4, 0.5) is 0 Å². The molecule has 2 N–H and O–H groups in total. The van der Waals surface area contributed by atoms with Gasteiger partial charge in [0.05, 0.1) is 0 Å². The van der Waals surface area contributed by atoms with Gasteiger partial charge in [0.15, 0.2) is 23.1 Å². The van der Waals surface area contributed by atoms with Crippen LogP contribution in [0.25, 0.3) is 11.5 Å². The summed E-state index contributed by atoms with van der Waals surface area (Å²) in [7, 11) is 0. The highest BCUT2D eigenvalue weighted by Gasteiger charge is 2.14. The molecule has 0 aromatic carbocycles. The van der Waals surface area contributed by atoms with Crippen molar-refractivity contribution in [1.82, 2.24) is 9.97 Å². The summed E-state index contributed by atoms with van der Waals surface area (Å²) < 4.78 is 0. The quantitative estimate of drug-likeness (QED) is 0.665. The molecule has 2 aromatic rings. The topological polar surface area (TPSA) is 100 Å². The second-order valence-electron chi connectivity index (χ2n) is 4.63. The Balaban J connectivity index is 2.49. The number of hydrogen-bond donors (Lipinski definition) is 2. The number of ketones is 2. The molecule has 0 unspecified atom stereocenters. The summed E-state index contributed by atoms with van der Waals surface area (Å²) in [4.78, 5) is 30.5. The van der Waals surface area contributed by atoms with Crippen LogP contribution in [-0.4, -0.2) is 31.7 Å². The maximum Gasteiger partial charge on any atom is 0.186 e. The van der Waals surface area contributed by atoms with Crippen molar-refractivity contribution in [1.29, 1.82) is 0 Å². The Bertz CT molecular complexity index is 716. The summed E-state index contributed by atoms with van der Waals surface area (Å²) in [5.41, 5.74) is 0.421. The molecule has 2 rings (SSSR count). The molecule has 0 saturated heterocycles. The van der Waals surface area contributed by atoms with Crippen LogP contribution in [0.15, 0.2) is 36.4 Å². The van der Waals surface area contributed by atoms with E-state index in [9.17, 15) is 19.8 Å². The van der Waals surface area contributed by atoms with E-state index in [0.29, 0.717) is 0 Å². The van der Waals surface area contributed by atoms with Gasteiger partial charge in [0.1, 0.15) is 22.8 Å². The predicted octanol–water partition coefficient (Wildman–Crippen LogP) is 2.82. The lowest BCUT2D eigenvalue weighted by Gasteiger charge is -2.06. The Morgan fingerprint density at radius 2 is 1.05 bits per heavy atom. The molecule has 6 nitrogen and oxygen atoms in total. The third-order valence-electron chi connectivity index (χ3n) is 2.93. The number of aromatic nitrogens is 2. The van der Waals surface area contributed by atoms with Crippen molar-refractivity contribution in [3.63, 3.8) is 0 Å². The first-order valence-electron chi connectivity index (χ1n) is 6.49. The zero-order valence-corrected chi connectivity index (χ0v) is 12.1. The van der Waals surface area contributed by atoms with Gasteiger partial charge in [-0.2, -0.15) is 0 Å². The highest BCUT2D eigenvalue weighted by molar-refractivity contribution is 5.93. The fraction of sp³-hybridized carbons (Fsp3) is 0.125. The molecule has 0 amide bonds. The Morgan fingerprint density at radius 1 is 0.727 bits per heavy atom. The highest BCUT2D eigenvalue weighted by atomic mass is 16.3. The minimum atomic E-state index is -0.517. The molecule has 0 saturated carbocycles. The van der Waals surface area contributed by atoms with Crippen molar-refractivity contribution in [3.8, 4) is 0 Å². The van der Waals surface area contributed by atoms with Gasteiger partial charge in [-0.15, -0.1) is 0 Å². The number of carbonyl (C=O) groups is 2. The van der Waals surface area contributed by atoms with Crippen LogP contribution in [0.2, 0.25) is 0 Å². The largest absolute Gasteiger partial charge is 0.503 e. The standard InChI is InChI=1S/C16H14N2O4/c1-9(19)11-5-3-7-13(17-11)15(21)16(22)14-8-4-6-12(18-14)10(2)20/h3-8,21-22H,1-2H3/b16-15+. The summed E-state index contributed by atoms with van der Waals surface area (Å²) in [6.45, 7) is 2.70. The van der Waals surface area contributed by atoms with E-state index < -0.39 is 11.5 Å². The van der Waals surface area contributed by atoms with Crippen LogP contribution in [0.3, 0.4) is 0 Å². The number of aliphatic hydroxyl groups excluding tert-OH is 2. The molecule has 0 aliphatic rings. The lowest BCUT2D eigenvalue weighted by atomic mass is 10.2. The Hall–Kier alpha value is -3.02. The number of nitrogens with zero attached hydrogens (tertiary/aromatic N) is 2. The Kier molecular flexibility index (Phi) is 4.31. The van der Waals surface area contributed by atoms with Crippen molar-refractivity contribution in [3.05, 3.63) is 59.2 Å². The number of aliphatic hydroxyl groups is 2. The first-order valence-corrected chi connectivity index (χ1v) is 6.49. The van der Waals surface area contributed by atoms with Crippen molar-refractivity contribution < 1.29 is 19.8 Å². The van der Waals surface area contributed by atoms with Crippen LogP contribution in [0.5, 0.6) is 0 Å². The van der Waals surface area contributed by atoms with E-state index in [1.165, 1.54) is 38.1 Å². The number of hydrogen-bond acceptors (Lipinski definition) is 6. The van der Waals surface area contributed by atoms with E-state index in [4.69, 9.17) is 0 Å². The number of carbonyl (C=O) groups excluding carboxylic acids is 2. The predicted molar refractivity (Wildman–Crippen MR) is 80.6 cm³/mol. The first-order chi connectivity index (χ1) is 10.4. The van der Waals surface area contributed by atoms with Gasteiger partial charge in [-0.3, -0.25) is 9.59 Å². The molecular formula is C16H14N2O4. The molecule has 0 bridgehead atoms. The molecule has 0 atom stereocenters.